The molecule has 1 aliphatic carbocycles. The first-order valence-corrected chi connectivity index (χ1v) is 7.94. The number of rotatable bonds is 8. The van der Waals surface area contributed by atoms with E-state index in [1.165, 1.54) is 18.5 Å². The molecule has 2 rings (SSSR count). The van der Waals surface area contributed by atoms with Crippen LogP contribution in [-0.2, 0) is 6.42 Å². The predicted octanol–water partition coefficient (Wildman–Crippen LogP) is 3.56. The van der Waals surface area contributed by atoms with E-state index < -0.39 is 0 Å². The molecule has 1 aliphatic rings. The van der Waals surface area contributed by atoms with Gasteiger partial charge in [-0.2, -0.15) is 5.10 Å². The second kappa shape index (κ2) is 6.56. The third-order valence-electron chi connectivity index (χ3n) is 4.44. The van der Waals surface area contributed by atoms with Crippen molar-refractivity contribution in [3.05, 3.63) is 18.0 Å². The number of aromatic nitrogens is 2. The minimum Gasteiger partial charge on any atom is -0.311 e. The quantitative estimate of drug-likeness (QED) is 0.777. The number of hydrogen-bond acceptors (Lipinski definition) is 2. The molecular weight excluding hydrogens is 234 g/mol. The van der Waals surface area contributed by atoms with Crippen molar-refractivity contribution < 1.29 is 0 Å². The van der Waals surface area contributed by atoms with E-state index in [9.17, 15) is 0 Å². The van der Waals surface area contributed by atoms with Crippen molar-refractivity contribution in [1.29, 1.82) is 0 Å². The maximum Gasteiger partial charge on any atom is 0.0627 e. The molecule has 0 radical (unpaired) electrons. The molecule has 19 heavy (non-hydrogen) atoms. The Morgan fingerprint density at radius 3 is 2.58 bits per heavy atom. The Morgan fingerprint density at radius 2 is 2.00 bits per heavy atom. The fraction of sp³-hybridized carbons (Fsp3) is 0.812. The summed E-state index contributed by atoms with van der Waals surface area (Å²) in [6.45, 7) is 9.11. The van der Waals surface area contributed by atoms with Crippen molar-refractivity contribution >= 4 is 0 Å². The lowest BCUT2D eigenvalue weighted by atomic mass is 9.98. The van der Waals surface area contributed by atoms with Crippen molar-refractivity contribution in [2.45, 2.75) is 77.9 Å². The Balaban J connectivity index is 1.87. The minimum atomic E-state index is 0.561. The zero-order valence-electron chi connectivity index (χ0n) is 12.9. The minimum absolute atomic E-state index is 0.561. The first kappa shape index (κ1) is 14.6. The van der Waals surface area contributed by atoms with Gasteiger partial charge in [-0.3, -0.25) is 4.68 Å². The maximum atomic E-state index is 4.76. The molecule has 1 aromatic heterocycles. The van der Waals surface area contributed by atoms with Crippen LogP contribution < -0.4 is 5.32 Å². The molecule has 1 aromatic rings. The summed E-state index contributed by atoms with van der Waals surface area (Å²) in [7, 11) is 0. The van der Waals surface area contributed by atoms with Crippen molar-refractivity contribution in [3.8, 4) is 0 Å². The third-order valence-corrected chi connectivity index (χ3v) is 4.44. The van der Waals surface area contributed by atoms with Gasteiger partial charge in [0.1, 0.15) is 0 Å². The van der Waals surface area contributed by atoms with Crippen molar-refractivity contribution in [1.82, 2.24) is 15.1 Å². The first-order chi connectivity index (χ1) is 9.13. The van der Waals surface area contributed by atoms with E-state index in [-0.39, 0.29) is 0 Å². The summed E-state index contributed by atoms with van der Waals surface area (Å²) in [5.74, 6) is 0.644. The summed E-state index contributed by atoms with van der Waals surface area (Å²) in [5.41, 5.74) is 1.24. The maximum absolute atomic E-state index is 4.76. The number of nitrogens with one attached hydrogen (secondary N) is 1. The van der Waals surface area contributed by atoms with E-state index in [0.717, 1.165) is 25.3 Å². The first-order valence-electron chi connectivity index (χ1n) is 7.94. The molecule has 3 heteroatoms. The van der Waals surface area contributed by atoms with Crippen LogP contribution in [0.3, 0.4) is 0 Å². The van der Waals surface area contributed by atoms with E-state index in [2.05, 4.69) is 50.0 Å². The van der Waals surface area contributed by atoms with Crippen molar-refractivity contribution in [2.75, 3.05) is 0 Å². The lowest BCUT2D eigenvalue weighted by Crippen LogP contribution is -2.34. The summed E-state index contributed by atoms with van der Waals surface area (Å²) >= 11 is 0. The fourth-order valence-electron chi connectivity index (χ4n) is 2.65. The van der Waals surface area contributed by atoms with Crippen molar-refractivity contribution in [3.63, 3.8) is 0 Å². The van der Waals surface area contributed by atoms with Crippen molar-refractivity contribution in [2.24, 2.45) is 5.92 Å². The number of nitrogens with zero attached hydrogens (tertiary/aromatic N) is 2. The highest BCUT2D eigenvalue weighted by atomic mass is 15.3. The van der Waals surface area contributed by atoms with Gasteiger partial charge in [-0.25, -0.2) is 0 Å². The molecule has 0 aliphatic heterocycles. The molecule has 3 nitrogen and oxygen atoms in total. The SMILES string of the molecule is CCC(CC)n1ccc(CC(C)C(C)NC2CC2)n1. The van der Waals surface area contributed by atoms with E-state index in [4.69, 9.17) is 5.10 Å². The lowest BCUT2D eigenvalue weighted by molar-refractivity contribution is 0.385. The molecule has 1 saturated carbocycles. The van der Waals surface area contributed by atoms with Gasteiger partial charge in [0, 0.05) is 18.3 Å². The summed E-state index contributed by atoms with van der Waals surface area (Å²) in [5, 5.41) is 8.45. The van der Waals surface area contributed by atoms with Crippen LogP contribution in [-0.4, -0.2) is 21.9 Å². The van der Waals surface area contributed by atoms with Gasteiger partial charge >= 0.3 is 0 Å². The van der Waals surface area contributed by atoms with E-state index in [0.29, 0.717) is 18.0 Å². The Morgan fingerprint density at radius 1 is 1.32 bits per heavy atom. The van der Waals surface area contributed by atoms with Crippen LogP contribution in [0, 0.1) is 5.92 Å². The summed E-state index contributed by atoms with van der Waals surface area (Å²) in [4.78, 5) is 0. The van der Waals surface area contributed by atoms with Gasteiger partial charge in [-0.05, 0) is 51.0 Å². The van der Waals surface area contributed by atoms with E-state index in [1.807, 2.05) is 0 Å². The predicted molar refractivity (Wildman–Crippen MR) is 80.3 cm³/mol. The second-order valence-corrected chi connectivity index (χ2v) is 6.17. The van der Waals surface area contributed by atoms with Crippen LogP contribution in [0.1, 0.15) is 65.1 Å². The van der Waals surface area contributed by atoms with Gasteiger partial charge in [0.15, 0.2) is 0 Å². The van der Waals surface area contributed by atoms with Gasteiger partial charge in [0.25, 0.3) is 0 Å². The van der Waals surface area contributed by atoms with Crippen LogP contribution in [0.2, 0.25) is 0 Å². The van der Waals surface area contributed by atoms with Crippen LogP contribution >= 0.6 is 0 Å². The smallest absolute Gasteiger partial charge is 0.0627 e. The highest BCUT2D eigenvalue weighted by molar-refractivity contribution is 5.02. The molecule has 1 N–H and O–H groups in total. The molecule has 2 unspecified atom stereocenters. The molecule has 1 heterocycles. The molecule has 0 bridgehead atoms. The molecule has 0 spiro atoms. The van der Waals surface area contributed by atoms with Gasteiger partial charge in [-0.15, -0.1) is 0 Å². The fourth-order valence-corrected chi connectivity index (χ4v) is 2.65. The highest BCUT2D eigenvalue weighted by Crippen LogP contribution is 2.22. The summed E-state index contributed by atoms with van der Waals surface area (Å²) in [6.07, 6.45) is 8.27. The molecule has 108 valence electrons. The normalized spacial score (nSPS) is 18.8. The Bertz CT molecular complexity index is 377. The number of hydrogen-bond donors (Lipinski definition) is 1. The third kappa shape index (κ3) is 4.07. The molecule has 0 amide bonds. The van der Waals surface area contributed by atoms with Gasteiger partial charge < -0.3 is 5.32 Å². The largest absolute Gasteiger partial charge is 0.311 e. The Labute approximate surface area is 117 Å². The second-order valence-electron chi connectivity index (χ2n) is 6.17. The van der Waals surface area contributed by atoms with Crippen LogP contribution in [0.15, 0.2) is 12.3 Å². The zero-order chi connectivity index (χ0) is 13.8. The van der Waals surface area contributed by atoms with Crippen LogP contribution in [0.5, 0.6) is 0 Å². The summed E-state index contributed by atoms with van der Waals surface area (Å²) < 4.78 is 2.15. The van der Waals surface area contributed by atoms with E-state index >= 15 is 0 Å². The van der Waals surface area contributed by atoms with Gasteiger partial charge in [-0.1, -0.05) is 20.8 Å². The molecular formula is C16H29N3. The standard InChI is InChI=1S/C16H29N3/c1-5-16(6-2)19-10-9-15(18-19)11-12(3)13(4)17-14-7-8-14/h9-10,12-14,16-17H,5-8,11H2,1-4H3. The monoisotopic (exact) mass is 263 g/mol. The van der Waals surface area contributed by atoms with Gasteiger partial charge in [0.05, 0.1) is 11.7 Å². The lowest BCUT2D eigenvalue weighted by Gasteiger charge is -2.20. The molecule has 0 aromatic carbocycles. The van der Waals surface area contributed by atoms with Crippen LogP contribution in [0.4, 0.5) is 0 Å². The molecule has 2 atom stereocenters. The topological polar surface area (TPSA) is 29.9 Å². The average Bonchev–Trinajstić information content (AvgIpc) is 3.09. The molecule has 1 fully saturated rings. The Hall–Kier alpha value is -0.830. The average molecular weight is 263 g/mol. The highest BCUT2D eigenvalue weighted by Gasteiger charge is 2.25. The molecule has 0 saturated heterocycles. The van der Waals surface area contributed by atoms with E-state index in [1.54, 1.807) is 0 Å². The summed E-state index contributed by atoms with van der Waals surface area (Å²) in [6, 6.07) is 4.13. The van der Waals surface area contributed by atoms with Gasteiger partial charge in [0.2, 0.25) is 0 Å². The van der Waals surface area contributed by atoms with Crippen LogP contribution in [0.25, 0.3) is 0 Å². The Kier molecular flexibility index (Phi) is 5.03. The zero-order valence-corrected chi connectivity index (χ0v) is 12.9.